The summed E-state index contributed by atoms with van der Waals surface area (Å²) in [6, 6.07) is 5.09. The van der Waals surface area contributed by atoms with Crippen molar-refractivity contribution in [1.29, 1.82) is 0 Å². The third kappa shape index (κ3) is 3.33. The number of benzene rings is 1. The van der Waals surface area contributed by atoms with Crippen molar-refractivity contribution in [2.45, 2.75) is 23.6 Å². The van der Waals surface area contributed by atoms with Crippen LogP contribution in [0, 0.1) is 0 Å². The van der Waals surface area contributed by atoms with Crippen molar-refractivity contribution >= 4 is 40.3 Å². The first-order valence-electron chi connectivity index (χ1n) is 5.12. The molecule has 1 unspecified atom stereocenters. The van der Waals surface area contributed by atoms with E-state index in [1.165, 1.54) is 6.92 Å². The summed E-state index contributed by atoms with van der Waals surface area (Å²) in [7, 11) is 0. The van der Waals surface area contributed by atoms with Crippen molar-refractivity contribution in [3.8, 4) is 0 Å². The molecule has 0 aliphatic rings. The van der Waals surface area contributed by atoms with Crippen molar-refractivity contribution in [3.63, 3.8) is 0 Å². The molecule has 0 radical (unpaired) electrons. The lowest BCUT2D eigenvalue weighted by Gasteiger charge is -2.12. The fourth-order valence-corrected chi connectivity index (χ4v) is 2.29. The number of esters is 1. The molecule has 0 aliphatic carbocycles. The van der Waals surface area contributed by atoms with Gasteiger partial charge < -0.3 is 4.74 Å². The van der Waals surface area contributed by atoms with E-state index in [0.29, 0.717) is 22.6 Å². The van der Waals surface area contributed by atoms with E-state index >= 15 is 0 Å². The first kappa shape index (κ1) is 14.3. The fourth-order valence-electron chi connectivity index (χ4n) is 1.36. The second-order valence-electron chi connectivity index (χ2n) is 3.44. The standard InChI is InChI=1S/C12H13BrO3S/c1-3-16-12(15)9-6-4-5-8(11(9)17)10(13)7(2)14/h4-6,10,17H,3H2,1-2H3. The van der Waals surface area contributed by atoms with Crippen LogP contribution in [-0.2, 0) is 9.53 Å². The summed E-state index contributed by atoms with van der Waals surface area (Å²) in [6.07, 6.45) is 0. The number of halogens is 1. The highest BCUT2D eigenvalue weighted by atomic mass is 79.9. The Kier molecular flexibility index (Phi) is 5.21. The van der Waals surface area contributed by atoms with Gasteiger partial charge in [0.15, 0.2) is 0 Å². The highest BCUT2D eigenvalue weighted by Gasteiger charge is 2.20. The highest BCUT2D eigenvalue weighted by Crippen LogP contribution is 2.31. The van der Waals surface area contributed by atoms with Crippen LogP contribution in [-0.4, -0.2) is 18.4 Å². The van der Waals surface area contributed by atoms with E-state index in [1.807, 2.05) is 0 Å². The van der Waals surface area contributed by atoms with Crippen LogP contribution in [0.5, 0.6) is 0 Å². The summed E-state index contributed by atoms with van der Waals surface area (Å²) >= 11 is 7.57. The average Bonchev–Trinajstić information content (AvgIpc) is 2.28. The van der Waals surface area contributed by atoms with Crippen molar-refractivity contribution in [2.24, 2.45) is 0 Å². The topological polar surface area (TPSA) is 43.4 Å². The monoisotopic (exact) mass is 316 g/mol. The van der Waals surface area contributed by atoms with Crippen LogP contribution in [0.2, 0.25) is 0 Å². The largest absolute Gasteiger partial charge is 0.462 e. The molecule has 1 rings (SSSR count). The predicted molar refractivity (Wildman–Crippen MR) is 72.0 cm³/mol. The number of ether oxygens (including phenoxy) is 1. The highest BCUT2D eigenvalue weighted by molar-refractivity contribution is 9.09. The molecule has 0 N–H and O–H groups in total. The van der Waals surface area contributed by atoms with Crippen LogP contribution < -0.4 is 0 Å². The Balaban J connectivity index is 3.15. The molecule has 1 aromatic carbocycles. The van der Waals surface area contributed by atoms with E-state index in [4.69, 9.17) is 4.74 Å². The number of hydrogen-bond acceptors (Lipinski definition) is 4. The molecule has 17 heavy (non-hydrogen) atoms. The SMILES string of the molecule is CCOC(=O)c1cccc(C(Br)C(C)=O)c1S. The van der Waals surface area contributed by atoms with E-state index in [9.17, 15) is 9.59 Å². The van der Waals surface area contributed by atoms with Crippen molar-refractivity contribution in [2.75, 3.05) is 6.61 Å². The van der Waals surface area contributed by atoms with Crippen molar-refractivity contribution in [1.82, 2.24) is 0 Å². The number of carbonyl (C=O) groups is 2. The Labute approximate surface area is 114 Å². The van der Waals surface area contributed by atoms with Crippen molar-refractivity contribution in [3.05, 3.63) is 29.3 Å². The number of rotatable bonds is 4. The van der Waals surface area contributed by atoms with Gasteiger partial charge in [-0.05, 0) is 25.5 Å². The van der Waals surface area contributed by atoms with E-state index in [1.54, 1.807) is 25.1 Å². The van der Waals surface area contributed by atoms with Crippen molar-refractivity contribution < 1.29 is 14.3 Å². The van der Waals surface area contributed by atoms with Crippen LogP contribution in [0.3, 0.4) is 0 Å². The molecule has 1 atom stereocenters. The summed E-state index contributed by atoms with van der Waals surface area (Å²) < 4.78 is 4.92. The second kappa shape index (κ2) is 6.21. The lowest BCUT2D eigenvalue weighted by atomic mass is 10.1. The zero-order chi connectivity index (χ0) is 13.0. The number of alkyl halides is 1. The molecule has 0 amide bonds. The Morgan fingerprint density at radius 1 is 1.47 bits per heavy atom. The van der Waals surface area contributed by atoms with E-state index < -0.39 is 10.8 Å². The maximum Gasteiger partial charge on any atom is 0.339 e. The summed E-state index contributed by atoms with van der Waals surface area (Å²) in [4.78, 5) is 23.0. The van der Waals surface area contributed by atoms with Gasteiger partial charge in [0, 0.05) is 4.90 Å². The molecule has 0 saturated heterocycles. The van der Waals surface area contributed by atoms with E-state index in [0.717, 1.165) is 0 Å². The summed E-state index contributed by atoms with van der Waals surface area (Å²) in [6.45, 7) is 3.52. The van der Waals surface area contributed by atoms with Gasteiger partial charge in [0.25, 0.3) is 0 Å². The maximum atomic E-state index is 11.6. The lowest BCUT2D eigenvalue weighted by Crippen LogP contribution is -2.09. The fraction of sp³-hybridized carbons (Fsp3) is 0.333. The van der Waals surface area contributed by atoms with Crippen LogP contribution >= 0.6 is 28.6 Å². The maximum absolute atomic E-state index is 11.6. The third-order valence-electron chi connectivity index (χ3n) is 2.19. The molecule has 3 nitrogen and oxygen atoms in total. The number of Topliss-reactive ketones (excluding diaryl/α,β-unsaturated/α-hetero) is 1. The summed E-state index contributed by atoms with van der Waals surface area (Å²) in [5.41, 5.74) is 1.05. The Bertz CT molecular complexity index is 445. The zero-order valence-electron chi connectivity index (χ0n) is 9.57. The van der Waals surface area contributed by atoms with Gasteiger partial charge >= 0.3 is 5.97 Å². The molecule has 0 bridgehead atoms. The minimum atomic E-state index is -0.454. The second-order valence-corrected chi connectivity index (χ2v) is 4.80. The normalized spacial score (nSPS) is 12.0. The smallest absolute Gasteiger partial charge is 0.339 e. The molecular weight excluding hydrogens is 304 g/mol. The molecule has 0 aliphatic heterocycles. The van der Waals surface area contributed by atoms with E-state index in [-0.39, 0.29) is 5.78 Å². The molecule has 0 spiro atoms. The van der Waals surface area contributed by atoms with Gasteiger partial charge in [-0.2, -0.15) is 0 Å². The number of hydrogen-bond donors (Lipinski definition) is 1. The van der Waals surface area contributed by atoms with Crippen LogP contribution in [0.1, 0.15) is 34.6 Å². The number of ketones is 1. The van der Waals surface area contributed by atoms with Crippen LogP contribution in [0.15, 0.2) is 23.1 Å². The van der Waals surface area contributed by atoms with Crippen LogP contribution in [0.25, 0.3) is 0 Å². The quantitative estimate of drug-likeness (QED) is 0.527. The number of carbonyl (C=O) groups excluding carboxylic acids is 2. The summed E-state index contributed by atoms with van der Waals surface area (Å²) in [5, 5.41) is 0. The van der Waals surface area contributed by atoms with E-state index in [2.05, 4.69) is 28.6 Å². The van der Waals surface area contributed by atoms with Gasteiger partial charge in [-0.15, -0.1) is 12.6 Å². The molecule has 5 heteroatoms. The molecule has 0 aromatic heterocycles. The Morgan fingerprint density at radius 3 is 2.65 bits per heavy atom. The average molecular weight is 317 g/mol. The molecule has 0 fully saturated rings. The van der Waals surface area contributed by atoms with Gasteiger partial charge in [0.1, 0.15) is 5.78 Å². The van der Waals surface area contributed by atoms with Gasteiger partial charge in [-0.3, -0.25) is 4.79 Å². The molecule has 0 heterocycles. The zero-order valence-corrected chi connectivity index (χ0v) is 12.0. The minimum Gasteiger partial charge on any atom is -0.462 e. The summed E-state index contributed by atoms with van der Waals surface area (Å²) in [5.74, 6) is -0.469. The van der Waals surface area contributed by atoms with Gasteiger partial charge in [0.05, 0.1) is 17.0 Å². The molecular formula is C12H13BrO3S. The van der Waals surface area contributed by atoms with Gasteiger partial charge in [0.2, 0.25) is 0 Å². The predicted octanol–water partition coefficient (Wildman–Crippen LogP) is 3.18. The minimum absolute atomic E-state index is 0.0405. The van der Waals surface area contributed by atoms with Gasteiger partial charge in [-0.25, -0.2) is 4.79 Å². The number of thiol groups is 1. The third-order valence-corrected chi connectivity index (χ3v) is 3.83. The Morgan fingerprint density at radius 2 is 2.12 bits per heavy atom. The van der Waals surface area contributed by atoms with Crippen LogP contribution in [0.4, 0.5) is 0 Å². The van der Waals surface area contributed by atoms with Gasteiger partial charge in [-0.1, -0.05) is 28.1 Å². The molecule has 1 aromatic rings. The molecule has 0 saturated carbocycles. The lowest BCUT2D eigenvalue weighted by molar-refractivity contribution is -0.116. The molecule has 92 valence electrons. The first-order valence-corrected chi connectivity index (χ1v) is 6.48. The Hall–Kier alpha value is -0.810. The first-order chi connectivity index (χ1) is 7.99.